The number of nitrogens with two attached hydrogens (primary N) is 1. The predicted octanol–water partition coefficient (Wildman–Crippen LogP) is 2.98. The van der Waals surface area contributed by atoms with Crippen molar-refractivity contribution in [3.8, 4) is 11.5 Å². The minimum Gasteiger partial charge on any atom is -0.504 e. The quantitative estimate of drug-likeness (QED) is 0.370. The number of aromatic nitrogens is 1. The van der Waals surface area contributed by atoms with Crippen LogP contribution in [0, 0.1) is 5.92 Å². The van der Waals surface area contributed by atoms with Crippen LogP contribution >= 0.6 is 34.7 Å². The molecule has 5 amide bonds. The number of imide groups is 3. The monoisotopic (exact) mass is 588 g/mol. The van der Waals surface area contributed by atoms with E-state index in [1.807, 2.05) is 0 Å². The zero-order chi connectivity index (χ0) is 28.0. The number of carbonyl (C=O) groups excluding carboxylic acids is 4. The number of halogens is 1. The lowest BCUT2D eigenvalue weighted by molar-refractivity contribution is -0.135. The summed E-state index contributed by atoms with van der Waals surface area (Å²) in [5, 5.41) is 12.7. The van der Waals surface area contributed by atoms with E-state index >= 15 is 0 Å². The van der Waals surface area contributed by atoms with Gasteiger partial charge in [0.15, 0.2) is 11.5 Å². The highest BCUT2D eigenvalue weighted by molar-refractivity contribution is 8.00. The number of rotatable bonds is 6. The number of amides is 5. The van der Waals surface area contributed by atoms with Crippen LogP contribution in [-0.4, -0.2) is 50.2 Å². The lowest BCUT2D eigenvalue weighted by atomic mass is 9.83. The first-order valence-corrected chi connectivity index (χ1v) is 13.8. The number of nitrogens with one attached hydrogen (secondary N) is 1. The highest BCUT2D eigenvalue weighted by Gasteiger charge is 2.58. The molecule has 0 spiro atoms. The van der Waals surface area contributed by atoms with Crippen molar-refractivity contribution in [2.24, 2.45) is 11.7 Å². The fourth-order valence-electron chi connectivity index (χ4n) is 4.70. The molecule has 0 radical (unpaired) electrons. The number of anilines is 1. The summed E-state index contributed by atoms with van der Waals surface area (Å²) in [5.74, 6) is -3.92. The molecule has 3 aromatic rings. The minimum atomic E-state index is -1.19. The molecule has 2 aliphatic heterocycles. The Balaban J connectivity index is 1.58. The predicted molar refractivity (Wildman–Crippen MR) is 144 cm³/mol. The molecular formula is C25H21ClN4O7S2. The number of carbonyl (C=O) groups is 4. The number of benzene rings is 2. The third-order valence-electron chi connectivity index (χ3n) is 6.34. The smallest absolute Gasteiger partial charge is 0.328 e. The largest absolute Gasteiger partial charge is 0.504 e. The molecule has 4 N–H and O–H groups in total. The van der Waals surface area contributed by atoms with E-state index in [9.17, 15) is 29.1 Å². The second-order valence-corrected chi connectivity index (χ2v) is 11.3. The molecular weight excluding hydrogens is 568 g/mol. The Bertz CT molecular complexity index is 1570. The van der Waals surface area contributed by atoms with E-state index in [1.54, 1.807) is 37.3 Å². The van der Waals surface area contributed by atoms with Crippen LogP contribution in [0.4, 0.5) is 10.5 Å². The van der Waals surface area contributed by atoms with Gasteiger partial charge >= 0.3 is 10.9 Å². The summed E-state index contributed by atoms with van der Waals surface area (Å²) in [7, 11) is 0. The van der Waals surface area contributed by atoms with E-state index in [1.165, 1.54) is 16.7 Å². The molecule has 14 heteroatoms. The number of thiazole rings is 1. The van der Waals surface area contributed by atoms with E-state index in [4.69, 9.17) is 22.1 Å². The molecule has 2 aliphatic rings. The number of hydrogen-bond acceptors (Lipinski definition) is 9. The van der Waals surface area contributed by atoms with Crippen molar-refractivity contribution in [2.45, 2.75) is 29.7 Å². The molecule has 0 aliphatic carbocycles. The van der Waals surface area contributed by atoms with E-state index in [-0.39, 0.29) is 24.7 Å². The number of likely N-dealkylation sites (tertiary alicyclic amines) is 1. The first-order valence-electron chi connectivity index (χ1n) is 11.7. The van der Waals surface area contributed by atoms with Crippen molar-refractivity contribution in [2.75, 3.05) is 11.9 Å². The second-order valence-electron chi connectivity index (χ2n) is 8.73. The van der Waals surface area contributed by atoms with Gasteiger partial charge in [-0.15, -0.1) is 0 Å². The first kappa shape index (κ1) is 26.8. The molecule has 11 nitrogen and oxygen atoms in total. The fourth-order valence-corrected chi connectivity index (χ4v) is 7.60. The summed E-state index contributed by atoms with van der Waals surface area (Å²) in [4.78, 5) is 64.9. The van der Waals surface area contributed by atoms with Crippen molar-refractivity contribution in [3.63, 3.8) is 0 Å². The molecule has 0 bridgehead atoms. The fraction of sp³-hybridized carbons (Fsp3) is 0.240. The van der Waals surface area contributed by atoms with Gasteiger partial charge in [-0.2, -0.15) is 4.90 Å². The minimum absolute atomic E-state index is 0.125. The maximum atomic E-state index is 13.3. The van der Waals surface area contributed by atoms with Gasteiger partial charge in [-0.3, -0.25) is 23.7 Å². The highest BCUT2D eigenvalue weighted by atomic mass is 35.5. The first-order chi connectivity index (χ1) is 18.6. The van der Waals surface area contributed by atoms with Gasteiger partial charge in [0, 0.05) is 21.5 Å². The van der Waals surface area contributed by atoms with E-state index in [2.05, 4.69) is 5.32 Å². The Morgan fingerprint density at radius 3 is 2.51 bits per heavy atom. The van der Waals surface area contributed by atoms with Crippen molar-refractivity contribution in [1.82, 2.24) is 9.47 Å². The van der Waals surface area contributed by atoms with Gasteiger partial charge in [0.1, 0.15) is 11.8 Å². The Labute approximate surface area is 234 Å². The topological polar surface area (TPSA) is 161 Å². The SMILES string of the molecule is CCOc1cc([C@@H]2c3sc(=O)n(CC(=O)Nc4ccc(Cl)cc4)c3SC3C(=O)N(C(N)=O)C(=O)C32)ccc1O. The molecule has 202 valence electrons. The molecule has 3 atom stereocenters. The number of thioether (sulfide) groups is 1. The molecule has 3 heterocycles. The van der Waals surface area contributed by atoms with E-state index in [0.717, 1.165) is 23.1 Å². The Hall–Kier alpha value is -3.81. The van der Waals surface area contributed by atoms with Gasteiger partial charge in [-0.1, -0.05) is 40.8 Å². The summed E-state index contributed by atoms with van der Waals surface area (Å²) in [5.41, 5.74) is 6.32. The number of aromatic hydroxyl groups is 1. The standard InChI is InChI=1S/C25H21ClN4O7S2/c1-2-37-15-9-11(3-8-14(15)31)17-18-19(22(34)30(21(18)33)24(27)35)38-23-20(17)39-25(36)29(23)10-16(32)28-13-6-4-12(26)5-7-13/h3-9,17-19,31H,2,10H2,1H3,(H2,27,35)(H,28,32)/t17-,18?,19?/m0/s1. The van der Waals surface area contributed by atoms with Crippen LogP contribution in [0.25, 0.3) is 0 Å². The van der Waals surface area contributed by atoms with Crippen molar-refractivity contribution < 1.29 is 29.0 Å². The summed E-state index contributed by atoms with van der Waals surface area (Å²) in [6.45, 7) is 1.64. The third-order valence-corrected chi connectivity index (χ3v) is 9.20. The molecule has 5 rings (SSSR count). The molecule has 39 heavy (non-hydrogen) atoms. The molecule has 1 saturated heterocycles. The van der Waals surface area contributed by atoms with Crippen LogP contribution in [0.5, 0.6) is 11.5 Å². The third kappa shape index (κ3) is 4.77. The van der Waals surface area contributed by atoms with Crippen LogP contribution < -0.4 is 20.7 Å². The zero-order valence-corrected chi connectivity index (χ0v) is 22.6. The number of ether oxygens (including phenoxy) is 1. The van der Waals surface area contributed by atoms with Gasteiger partial charge in [0.25, 0.3) is 5.91 Å². The Morgan fingerprint density at radius 1 is 1.13 bits per heavy atom. The molecule has 1 fully saturated rings. The van der Waals surface area contributed by atoms with Crippen LogP contribution in [0.3, 0.4) is 0 Å². The van der Waals surface area contributed by atoms with Crippen LogP contribution in [0.1, 0.15) is 23.3 Å². The molecule has 0 saturated carbocycles. The normalized spacial score (nSPS) is 19.9. The van der Waals surface area contributed by atoms with Gasteiger partial charge in [0.2, 0.25) is 11.8 Å². The number of fused-ring (bicyclic) bond motifs is 2. The zero-order valence-electron chi connectivity index (χ0n) is 20.3. The number of urea groups is 1. The molecule has 2 aromatic carbocycles. The van der Waals surface area contributed by atoms with Gasteiger partial charge in [-0.25, -0.2) is 4.79 Å². The van der Waals surface area contributed by atoms with Crippen LogP contribution in [0.15, 0.2) is 52.3 Å². The lowest BCUT2D eigenvalue weighted by Crippen LogP contribution is -2.41. The maximum absolute atomic E-state index is 13.3. The average molecular weight is 589 g/mol. The number of hydrogen-bond donors (Lipinski definition) is 3. The Kier molecular flexibility index (Phi) is 7.14. The lowest BCUT2D eigenvalue weighted by Gasteiger charge is -2.31. The maximum Gasteiger partial charge on any atom is 0.328 e. The average Bonchev–Trinajstić information content (AvgIpc) is 3.33. The number of primary amides is 1. The number of nitrogens with zero attached hydrogens (tertiary/aromatic N) is 2. The number of phenols is 1. The van der Waals surface area contributed by atoms with Gasteiger partial charge in [-0.05, 0) is 48.9 Å². The summed E-state index contributed by atoms with van der Waals surface area (Å²) in [6, 6.07) is 9.74. The van der Waals surface area contributed by atoms with Gasteiger partial charge in [0.05, 0.1) is 17.6 Å². The highest BCUT2D eigenvalue weighted by Crippen LogP contribution is 2.53. The molecule has 2 unspecified atom stereocenters. The van der Waals surface area contributed by atoms with E-state index < -0.39 is 45.7 Å². The summed E-state index contributed by atoms with van der Waals surface area (Å²) in [6.07, 6.45) is 0. The molecule has 1 aromatic heterocycles. The van der Waals surface area contributed by atoms with Crippen molar-refractivity contribution in [3.05, 3.63) is 67.6 Å². The van der Waals surface area contributed by atoms with Crippen LogP contribution in [0.2, 0.25) is 5.02 Å². The van der Waals surface area contributed by atoms with Gasteiger partial charge < -0.3 is 20.9 Å². The second kappa shape index (κ2) is 10.4. The van der Waals surface area contributed by atoms with Crippen molar-refractivity contribution in [1.29, 1.82) is 0 Å². The van der Waals surface area contributed by atoms with Crippen LogP contribution in [-0.2, 0) is 20.9 Å². The summed E-state index contributed by atoms with van der Waals surface area (Å²) < 4.78 is 6.75. The summed E-state index contributed by atoms with van der Waals surface area (Å²) >= 11 is 7.69. The number of phenolic OH excluding ortho intramolecular Hbond substituents is 1. The Morgan fingerprint density at radius 2 is 1.85 bits per heavy atom. The van der Waals surface area contributed by atoms with E-state index in [0.29, 0.717) is 31.1 Å². The van der Waals surface area contributed by atoms with Crippen molar-refractivity contribution >= 4 is 64.1 Å².